The highest BCUT2D eigenvalue weighted by Crippen LogP contribution is 2.26. The molecule has 0 aliphatic heterocycles. The van der Waals surface area contributed by atoms with Crippen LogP contribution in [0.4, 0.5) is 4.39 Å². The van der Waals surface area contributed by atoms with E-state index in [1.807, 2.05) is 12.1 Å². The first kappa shape index (κ1) is 27.5. The van der Waals surface area contributed by atoms with E-state index >= 15 is 0 Å². The van der Waals surface area contributed by atoms with Crippen molar-refractivity contribution in [2.75, 3.05) is 0 Å². The third-order valence-corrected chi connectivity index (χ3v) is 6.51. The third kappa shape index (κ3) is 8.25. The molecule has 0 N–H and O–H groups in total. The average molecular weight is 491 g/mol. The number of nitrogens with zero attached hydrogens (tertiary/aromatic N) is 2. The van der Waals surface area contributed by atoms with Gasteiger partial charge in [-0.05, 0) is 55.9 Å². The van der Waals surface area contributed by atoms with Gasteiger partial charge in [-0.2, -0.15) is 0 Å². The second kappa shape index (κ2) is 13.9. The highest BCUT2D eigenvalue weighted by atomic mass is 19.1. The molecule has 0 aliphatic rings. The zero-order valence-corrected chi connectivity index (χ0v) is 21.9. The van der Waals surface area contributed by atoms with Gasteiger partial charge in [0.05, 0.1) is 0 Å². The topological polar surface area (TPSA) is 52.1 Å². The van der Waals surface area contributed by atoms with Gasteiger partial charge >= 0.3 is 5.97 Å². The molecular formula is C31H39FN2O2. The molecule has 0 fully saturated rings. The largest absolute Gasteiger partial charge is 0.424 e. The average Bonchev–Trinajstić information content (AvgIpc) is 2.90. The maximum absolute atomic E-state index is 14.8. The molecule has 36 heavy (non-hydrogen) atoms. The minimum atomic E-state index is -1.98. The van der Waals surface area contributed by atoms with Crippen molar-refractivity contribution >= 4 is 5.97 Å². The summed E-state index contributed by atoms with van der Waals surface area (Å²) >= 11 is 0. The standard InChI is InChI=1S/C31H39FN2O2/c1-4-6-8-9-11-21-31(3,32)30(35)36-28-19-17-25(18-20-28)27-22-33-29(34-23-27)26-15-13-24(14-16-26)12-10-7-5-2/h13-20,22-23H,4-12,21H2,1-3H3. The lowest BCUT2D eigenvalue weighted by atomic mass is 9.99. The van der Waals surface area contributed by atoms with Crippen molar-refractivity contribution in [1.82, 2.24) is 9.97 Å². The van der Waals surface area contributed by atoms with Gasteiger partial charge in [0.1, 0.15) is 5.75 Å². The van der Waals surface area contributed by atoms with Crippen LogP contribution in [-0.2, 0) is 11.2 Å². The summed E-state index contributed by atoms with van der Waals surface area (Å²) in [7, 11) is 0. The number of aromatic nitrogens is 2. The Morgan fingerprint density at radius 2 is 1.36 bits per heavy atom. The van der Waals surface area contributed by atoms with E-state index < -0.39 is 11.6 Å². The molecule has 5 heteroatoms. The van der Waals surface area contributed by atoms with Crippen molar-refractivity contribution in [2.45, 2.75) is 90.6 Å². The highest BCUT2D eigenvalue weighted by molar-refractivity contribution is 5.81. The molecule has 1 aromatic heterocycles. The molecule has 4 nitrogen and oxygen atoms in total. The van der Waals surface area contributed by atoms with Crippen LogP contribution in [0.25, 0.3) is 22.5 Å². The summed E-state index contributed by atoms with van der Waals surface area (Å²) in [5, 5.41) is 0. The molecule has 0 bridgehead atoms. The zero-order valence-electron chi connectivity index (χ0n) is 21.9. The van der Waals surface area contributed by atoms with Crippen LogP contribution in [0.2, 0.25) is 0 Å². The van der Waals surface area contributed by atoms with E-state index in [9.17, 15) is 9.18 Å². The number of esters is 1. The molecule has 192 valence electrons. The molecule has 0 saturated heterocycles. The summed E-state index contributed by atoms with van der Waals surface area (Å²) in [6.07, 6.45) is 13.5. The number of rotatable bonds is 14. The van der Waals surface area contributed by atoms with Crippen molar-refractivity contribution in [3.63, 3.8) is 0 Å². The summed E-state index contributed by atoms with van der Waals surface area (Å²) < 4.78 is 20.1. The van der Waals surface area contributed by atoms with E-state index in [1.165, 1.54) is 31.7 Å². The van der Waals surface area contributed by atoms with E-state index in [1.54, 1.807) is 24.5 Å². The van der Waals surface area contributed by atoms with Gasteiger partial charge in [0.15, 0.2) is 5.82 Å². The van der Waals surface area contributed by atoms with Crippen molar-refractivity contribution in [3.05, 3.63) is 66.5 Å². The van der Waals surface area contributed by atoms with Crippen LogP contribution in [0.3, 0.4) is 0 Å². The molecule has 0 amide bonds. The van der Waals surface area contributed by atoms with Gasteiger partial charge in [-0.25, -0.2) is 19.2 Å². The normalized spacial score (nSPS) is 12.8. The number of ether oxygens (including phenoxy) is 1. The lowest BCUT2D eigenvalue weighted by Crippen LogP contribution is -2.34. The second-order valence-electron chi connectivity index (χ2n) is 9.72. The second-order valence-corrected chi connectivity index (χ2v) is 9.72. The summed E-state index contributed by atoms with van der Waals surface area (Å²) in [5.41, 5.74) is 2.09. The molecular weight excluding hydrogens is 451 g/mol. The Bertz CT molecular complexity index is 1060. The smallest absolute Gasteiger partial charge is 0.348 e. The van der Waals surface area contributed by atoms with Gasteiger partial charge in [-0.1, -0.05) is 88.8 Å². The van der Waals surface area contributed by atoms with Crippen molar-refractivity contribution < 1.29 is 13.9 Å². The van der Waals surface area contributed by atoms with E-state index in [0.717, 1.165) is 48.8 Å². The number of aryl methyl sites for hydroxylation is 1. The number of halogens is 1. The predicted molar refractivity (Wildman–Crippen MR) is 145 cm³/mol. The summed E-state index contributed by atoms with van der Waals surface area (Å²) in [6, 6.07) is 15.4. The molecule has 0 saturated carbocycles. The summed E-state index contributed by atoms with van der Waals surface area (Å²) in [4.78, 5) is 21.4. The quantitative estimate of drug-likeness (QED) is 0.129. The van der Waals surface area contributed by atoms with Crippen molar-refractivity contribution in [1.29, 1.82) is 0 Å². The molecule has 0 spiro atoms. The van der Waals surface area contributed by atoms with Gasteiger partial charge < -0.3 is 4.74 Å². The number of unbranched alkanes of at least 4 members (excludes halogenated alkanes) is 6. The van der Waals surface area contributed by atoms with Gasteiger partial charge in [-0.3, -0.25) is 0 Å². The lowest BCUT2D eigenvalue weighted by Gasteiger charge is -2.18. The van der Waals surface area contributed by atoms with Crippen LogP contribution in [0, 0.1) is 0 Å². The number of alkyl halides is 1. The predicted octanol–water partition coefficient (Wildman–Crippen LogP) is 8.54. The Balaban J connectivity index is 1.55. The highest BCUT2D eigenvalue weighted by Gasteiger charge is 2.34. The molecule has 1 heterocycles. The minimum Gasteiger partial charge on any atom is -0.424 e. The Morgan fingerprint density at radius 1 is 0.778 bits per heavy atom. The molecule has 3 rings (SSSR count). The van der Waals surface area contributed by atoms with E-state index in [4.69, 9.17) is 4.74 Å². The molecule has 3 aromatic rings. The van der Waals surface area contributed by atoms with Gasteiger partial charge in [0.2, 0.25) is 5.67 Å². The Labute approximate surface area is 215 Å². The fraction of sp³-hybridized carbons (Fsp3) is 0.452. The summed E-state index contributed by atoms with van der Waals surface area (Å²) in [6.45, 7) is 5.66. The van der Waals surface area contributed by atoms with E-state index in [2.05, 4.69) is 48.1 Å². The van der Waals surface area contributed by atoms with E-state index in [0.29, 0.717) is 18.0 Å². The Kier molecular flexibility index (Phi) is 10.6. The van der Waals surface area contributed by atoms with Crippen LogP contribution in [-0.4, -0.2) is 21.6 Å². The minimum absolute atomic E-state index is 0.179. The zero-order chi connectivity index (χ0) is 25.8. The first-order valence-corrected chi connectivity index (χ1v) is 13.4. The Morgan fingerprint density at radius 3 is 2.00 bits per heavy atom. The lowest BCUT2D eigenvalue weighted by molar-refractivity contribution is -0.147. The monoisotopic (exact) mass is 490 g/mol. The molecule has 1 atom stereocenters. The molecule has 0 aliphatic carbocycles. The van der Waals surface area contributed by atoms with Gasteiger partial charge in [-0.15, -0.1) is 0 Å². The fourth-order valence-electron chi connectivity index (χ4n) is 4.12. The number of benzene rings is 2. The number of carbonyl (C=O) groups is 1. The third-order valence-electron chi connectivity index (χ3n) is 6.51. The van der Waals surface area contributed by atoms with Crippen LogP contribution in [0.5, 0.6) is 5.75 Å². The molecule has 2 aromatic carbocycles. The Hall–Kier alpha value is -3.08. The van der Waals surface area contributed by atoms with Crippen LogP contribution < -0.4 is 4.74 Å². The van der Waals surface area contributed by atoms with Crippen LogP contribution in [0.15, 0.2) is 60.9 Å². The van der Waals surface area contributed by atoms with Gasteiger partial charge in [0, 0.05) is 23.5 Å². The maximum Gasteiger partial charge on any atom is 0.348 e. The van der Waals surface area contributed by atoms with Crippen molar-refractivity contribution in [3.8, 4) is 28.3 Å². The van der Waals surface area contributed by atoms with Crippen molar-refractivity contribution in [2.24, 2.45) is 0 Å². The summed E-state index contributed by atoms with van der Waals surface area (Å²) in [5.74, 6) is 0.173. The maximum atomic E-state index is 14.8. The van der Waals surface area contributed by atoms with Gasteiger partial charge in [0.25, 0.3) is 0 Å². The first-order chi connectivity index (χ1) is 17.4. The number of hydrogen-bond donors (Lipinski definition) is 0. The van der Waals surface area contributed by atoms with Crippen LogP contribution in [0.1, 0.15) is 84.1 Å². The molecule has 1 unspecified atom stereocenters. The van der Waals surface area contributed by atoms with Crippen LogP contribution >= 0.6 is 0 Å². The number of carbonyl (C=O) groups excluding carboxylic acids is 1. The molecule has 0 radical (unpaired) electrons. The number of hydrogen-bond acceptors (Lipinski definition) is 4. The van der Waals surface area contributed by atoms with E-state index in [-0.39, 0.29) is 6.42 Å². The first-order valence-electron chi connectivity index (χ1n) is 13.4. The SMILES string of the molecule is CCCCCCCC(C)(F)C(=O)Oc1ccc(-c2cnc(-c3ccc(CCCCC)cc3)nc2)cc1. The fourth-order valence-corrected chi connectivity index (χ4v) is 4.12.